The van der Waals surface area contributed by atoms with E-state index in [4.69, 9.17) is 8.85 Å². The molecule has 0 saturated heterocycles. The minimum absolute atomic E-state index is 0.0114. The Morgan fingerprint density at radius 2 is 1.13 bits per heavy atom. The van der Waals surface area contributed by atoms with E-state index in [1.807, 2.05) is 60.7 Å². The number of carbonyl (C=O) groups excluding carboxylic acids is 1. The molecule has 0 bridgehead atoms. The smallest absolute Gasteiger partial charge is 0.407 e. The lowest BCUT2D eigenvalue weighted by atomic mass is 9.89. The lowest BCUT2D eigenvalue weighted by Crippen LogP contribution is -2.53. The predicted octanol–water partition coefficient (Wildman–Crippen LogP) is 8.83. The van der Waals surface area contributed by atoms with Crippen LogP contribution in [0.3, 0.4) is 0 Å². The Morgan fingerprint density at radius 3 is 1.49 bits per heavy atom. The van der Waals surface area contributed by atoms with Crippen LogP contribution in [-0.4, -0.2) is 56.7 Å². The number of carbonyl (C=O) groups is 2. The van der Waals surface area contributed by atoms with Gasteiger partial charge in [-0.3, -0.25) is 4.79 Å². The SMILES string of the molecule is CC(C)(C)OC(=O)N[C@@H](Cc1ccccc1)[C@@H](O)C[C@H](Cc1ccccc1)C(=O)O.CC(C)(C)[Si](C)(C)O[Si](C)(C)C(C)(C)C. The molecule has 0 fully saturated rings. The monoisotopic (exact) mass is 659 g/mol. The summed E-state index contributed by atoms with van der Waals surface area (Å²) in [7, 11) is -3.18. The molecule has 0 aromatic heterocycles. The number of hydrogen-bond donors (Lipinski definition) is 3. The maximum absolute atomic E-state index is 12.3. The highest BCUT2D eigenvalue weighted by atomic mass is 28.4. The highest BCUT2D eigenvalue weighted by Gasteiger charge is 2.46. The topological polar surface area (TPSA) is 105 Å². The first-order chi connectivity index (χ1) is 20.3. The van der Waals surface area contributed by atoms with E-state index in [1.54, 1.807) is 20.8 Å². The fourth-order valence-electron chi connectivity index (χ4n) is 4.18. The van der Waals surface area contributed by atoms with Crippen molar-refractivity contribution in [3.05, 3.63) is 71.8 Å². The van der Waals surface area contributed by atoms with Crippen LogP contribution in [0.2, 0.25) is 36.3 Å². The molecule has 3 N–H and O–H groups in total. The summed E-state index contributed by atoms with van der Waals surface area (Å²) in [5.74, 6) is -1.75. The Kier molecular flexibility index (Phi) is 14.8. The quantitative estimate of drug-likeness (QED) is 0.208. The van der Waals surface area contributed by atoms with E-state index in [-0.39, 0.29) is 6.42 Å². The number of benzene rings is 2. The standard InChI is InChI=1S/C24H31NO5.C12H30OSi2/c1-24(2,3)30-23(29)25-20(15-18-12-8-5-9-13-18)21(26)16-19(22(27)28)14-17-10-6-4-7-11-17;1-11(2,3)14(7,8)13-15(9,10)12(4,5)6/h4-13,19-21,26H,14-16H2,1-3H3,(H,25,29)(H,27,28);1-10H3/t19-,20-,21-;/m0./s1. The number of carboxylic acid groups (broad SMARTS) is 1. The average molecular weight is 660 g/mol. The lowest BCUT2D eigenvalue weighted by molar-refractivity contribution is -0.143. The third-order valence-corrected chi connectivity index (χ3v) is 20.1. The van der Waals surface area contributed by atoms with Gasteiger partial charge in [0.1, 0.15) is 5.60 Å². The number of hydrogen-bond acceptors (Lipinski definition) is 5. The van der Waals surface area contributed by atoms with Gasteiger partial charge in [0.25, 0.3) is 0 Å². The van der Waals surface area contributed by atoms with E-state index < -0.39 is 52.4 Å². The maximum atomic E-state index is 12.3. The van der Waals surface area contributed by atoms with E-state index >= 15 is 0 Å². The van der Waals surface area contributed by atoms with Gasteiger partial charge in [0.2, 0.25) is 0 Å². The van der Waals surface area contributed by atoms with Gasteiger partial charge in [0.15, 0.2) is 16.6 Å². The zero-order valence-electron chi connectivity index (χ0n) is 30.2. The van der Waals surface area contributed by atoms with Crippen LogP contribution in [0, 0.1) is 5.92 Å². The predicted molar refractivity (Wildman–Crippen MR) is 191 cm³/mol. The van der Waals surface area contributed by atoms with Gasteiger partial charge in [-0.25, -0.2) is 4.79 Å². The minimum atomic E-state index is -1.59. The first kappa shape index (κ1) is 40.6. The van der Waals surface area contributed by atoms with Crippen molar-refractivity contribution in [3.8, 4) is 0 Å². The Hall–Kier alpha value is -2.47. The first-order valence-electron chi connectivity index (χ1n) is 16.0. The van der Waals surface area contributed by atoms with Crippen LogP contribution in [0.5, 0.6) is 0 Å². The number of amides is 1. The minimum Gasteiger partial charge on any atom is -0.481 e. The third kappa shape index (κ3) is 14.7. The van der Waals surface area contributed by atoms with Gasteiger partial charge >= 0.3 is 12.1 Å². The summed E-state index contributed by atoms with van der Waals surface area (Å²) in [4.78, 5) is 24.1. The lowest BCUT2D eigenvalue weighted by Gasteiger charge is -2.47. The Labute approximate surface area is 275 Å². The number of rotatable bonds is 11. The second-order valence-corrected chi connectivity index (χ2v) is 26.0. The summed E-state index contributed by atoms with van der Waals surface area (Å²) in [6, 6.07) is 18.1. The summed E-state index contributed by atoms with van der Waals surface area (Å²) < 4.78 is 12.0. The van der Waals surface area contributed by atoms with E-state index in [1.165, 1.54) is 0 Å². The van der Waals surface area contributed by atoms with Crippen molar-refractivity contribution in [2.75, 3.05) is 0 Å². The molecule has 2 aromatic carbocycles. The Balaban J connectivity index is 0.000000570. The maximum Gasteiger partial charge on any atom is 0.407 e. The van der Waals surface area contributed by atoms with E-state index in [2.05, 4.69) is 73.0 Å². The zero-order valence-corrected chi connectivity index (χ0v) is 32.2. The number of aliphatic hydroxyl groups excluding tert-OH is 1. The number of ether oxygens (including phenoxy) is 1. The van der Waals surface area contributed by atoms with Crippen molar-refractivity contribution in [1.82, 2.24) is 5.32 Å². The summed E-state index contributed by atoms with van der Waals surface area (Å²) in [5.41, 5.74) is 1.13. The van der Waals surface area contributed by atoms with E-state index in [0.29, 0.717) is 22.9 Å². The van der Waals surface area contributed by atoms with E-state index in [0.717, 1.165) is 11.1 Å². The van der Waals surface area contributed by atoms with Gasteiger partial charge in [0.05, 0.1) is 18.1 Å². The molecule has 0 unspecified atom stereocenters. The molecular formula is C36H61NO6Si2. The Bertz CT molecular complexity index is 1160. The summed E-state index contributed by atoms with van der Waals surface area (Å²) in [5, 5.41) is 23.9. The molecule has 0 aliphatic carbocycles. The number of aliphatic carboxylic acids is 1. The molecule has 0 saturated carbocycles. The van der Waals surface area contributed by atoms with Crippen LogP contribution in [0.25, 0.3) is 0 Å². The number of carboxylic acids is 1. The summed E-state index contributed by atoms with van der Waals surface area (Å²) in [6.07, 6.45) is -1.02. The molecule has 45 heavy (non-hydrogen) atoms. The van der Waals surface area contributed by atoms with E-state index in [9.17, 15) is 19.8 Å². The summed E-state index contributed by atoms with van der Waals surface area (Å²) >= 11 is 0. The van der Waals surface area contributed by atoms with Gasteiger partial charge in [-0.15, -0.1) is 0 Å². The molecule has 254 valence electrons. The van der Waals surface area contributed by atoms with Crippen molar-refractivity contribution in [1.29, 1.82) is 0 Å². The molecule has 0 radical (unpaired) electrons. The molecular weight excluding hydrogens is 599 g/mol. The largest absolute Gasteiger partial charge is 0.481 e. The van der Waals surface area contributed by atoms with Gasteiger partial charge < -0.3 is 24.4 Å². The van der Waals surface area contributed by atoms with Crippen molar-refractivity contribution >= 4 is 28.7 Å². The molecule has 0 aliphatic heterocycles. The number of aliphatic hydroxyl groups is 1. The summed E-state index contributed by atoms with van der Waals surface area (Å²) in [6.45, 7) is 28.6. The van der Waals surface area contributed by atoms with Gasteiger partial charge in [-0.1, -0.05) is 102 Å². The van der Waals surface area contributed by atoms with Crippen molar-refractivity contribution in [2.45, 2.75) is 136 Å². The van der Waals surface area contributed by atoms with Gasteiger partial charge in [-0.05, 0) is 87.4 Å². The van der Waals surface area contributed by atoms with Gasteiger partial charge in [0, 0.05) is 0 Å². The highest BCUT2D eigenvalue weighted by Crippen LogP contribution is 2.44. The third-order valence-electron chi connectivity index (χ3n) is 8.79. The van der Waals surface area contributed by atoms with Crippen molar-refractivity contribution in [2.24, 2.45) is 5.92 Å². The molecule has 2 aromatic rings. The van der Waals surface area contributed by atoms with Crippen LogP contribution in [0.1, 0.15) is 79.9 Å². The molecule has 2 rings (SSSR count). The Morgan fingerprint density at radius 1 is 0.733 bits per heavy atom. The molecule has 0 aliphatic rings. The van der Waals surface area contributed by atoms with Crippen molar-refractivity contribution in [3.63, 3.8) is 0 Å². The molecule has 7 nitrogen and oxygen atoms in total. The van der Waals surface area contributed by atoms with Crippen molar-refractivity contribution < 1.29 is 28.7 Å². The van der Waals surface area contributed by atoms with Gasteiger partial charge in [-0.2, -0.15) is 0 Å². The molecule has 0 spiro atoms. The van der Waals surface area contributed by atoms with Crippen LogP contribution in [0.15, 0.2) is 60.7 Å². The molecule has 9 heteroatoms. The van der Waals surface area contributed by atoms with Crippen LogP contribution >= 0.6 is 0 Å². The number of nitrogens with one attached hydrogen (secondary N) is 1. The first-order valence-corrected chi connectivity index (χ1v) is 21.8. The number of alkyl carbamates (subject to hydrolysis) is 1. The normalized spacial score (nSPS) is 14.8. The van der Waals surface area contributed by atoms with Crippen LogP contribution in [-0.2, 0) is 26.5 Å². The second-order valence-electron chi connectivity index (χ2n) is 16.1. The average Bonchev–Trinajstić information content (AvgIpc) is 2.86. The molecule has 0 heterocycles. The highest BCUT2D eigenvalue weighted by molar-refractivity contribution is 6.87. The molecule has 3 atom stereocenters. The second kappa shape index (κ2) is 16.4. The zero-order chi connectivity index (χ0) is 34.9. The fourth-order valence-corrected chi connectivity index (χ4v) is 11.7. The van der Waals surface area contributed by atoms with Crippen LogP contribution in [0.4, 0.5) is 4.79 Å². The fraction of sp³-hybridized carbons (Fsp3) is 0.611. The van der Waals surface area contributed by atoms with Crippen LogP contribution < -0.4 is 5.32 Å². The molecule has 1 amide bonds.